The van der Waals surface area contributed by atoms with E-state index >= 15 is 0 Å². The summed E-state index contributed by atoms with van der Waals surface area (Å²) in [6, 6.07) is 65.9. The smallest absolute Gasteiger partial charge is 0.164 e. The lowest BCUT2D eigenvalue weighted by Gasteiger charge is -2.16. The molecule has 0 N–H and O–H groups in total. The summed E-state index contributed by atoms with van der Waals surface area (Å²) in [4.78, 5) is 15.3. The average Bonchev–Trinajstić information content (AvgIpc) is 3.67. The number of hydrogen-bond acceptors (Lipinski definition) is 5. The number of nitrogens with zero attached hydrogens (tertiary/aromatic N) is 4. The molecule has 0 aliphatic heterocycles. The van der Waals surface area contributed by atoms with Gasteiger partial charge in [0.25, 0.3) is 0 Å². The molecule has 0 saturated heterocycles. The predicted molar refractivity (Wildman–Crippen MR) is 237 cm³/mol. The molecular weight excluding hydrogens is 713 g/mol. The molecule has 0 unspecified atom stereocenters. The Morgan fingerprint density at radius 2 is 0.825 bits per heavy atom. The van der Waals surface area contributed by atoms with Crippen molar-refractivity contribution in [3.05, 3.63) is 188 Å². The second-order valence-electron chi connectivity index (χ2n) is 14.3. The van der Waals surface area contributed by atoms with Crippen molar-refractivity contribution in [2.45, 2.75) is 0 Å². The van der Waals surface area contributed by atoms with E-state index in [1.165, 1.54) is 52.5 Å². The Labute approximate surface area is 332 Å². The number of hydrogen-bond donors (Lipinski definition) is 0. The fourth-order valence-corrected chi connectivity index (χ4v) is 9.34. The zero-order valence-electron chi connectivity index (χ0n) is 30.5. The van der Waals surface area contributed by atoms with Crippen molar-refractivity contribution in [2.24, 2.45) is 0 Å². The average molecular weight is 743 g/mol. The van der Waals surface area contributed by atoms with E-state index in [2.05, 4.69) is 133 Å². The highest BCUT2D eigenvalue weighted by Crippen LogP contribution is 2.43. The highest BCUT2D eigenvalue weighted by molar-refractivity contribution is 7.25. The van der Waals surface area contributed by atoms with E-state index in [1.807, 2.05) is 54.6 Å². The Hall–Kier alpha value is -7.52. The summed E-state index contributed by atoms with van der Waals surface area (Å²) < 4.78 is 2.47. The highest BCUT2D eigenvalue weighted by atomic mass is 32.1. The fraction of sp³-hybridized carbons (Fsp3) is 0. The van der Waals surface area contributed by atoms with E-state index in [1.54, 1.807) is 11.3 Å². The molecule has 2 heterocycles. The molecule has 0 amide bonds. The van der Waals surface area contributed by atoms with Crippen LogP contribution in [0.1, 0.15) is 5.56 Å². The molecule has 9 aromatic carbocycles. The van der Waals surface area contributed by atoms with E-state index in [0.29, 0.717) is 23.0 Å². The van der Waals surface area contributed by atoms with Gasteiger partial charge in [-0.25, -0.2) is 15.0 Å². The molecule has 11 rings (SSSR count). The Bertz CT molecular complexity index is 3420. The highest BCUT2D eigenvalue weighted by Gasteiger charge is 2.17. The van der Waals surface area contributed by atoms with Crippen molar-refractivity contribution in [2.75, 3.05) is 0 Å². The van der Waals surface area contributed by atoms with E-state index in [-0.39, 0.29) is 0 Å². The molecule has 0 saturated carbocycles. The van der Waals surface area contributed by atoms with Crippen molar-refractivity contribution in [3.8, 4) is 62.5 Å². The third-order valence-corrected chi connectivity index (χ3v) is 12.1. The molecule has 264 valence electrons. The van der Waals surface area contributed by atoms with Gasteiger partial charge in [0.1, 0.15) is 0 Å². The second-order valence-corrected chi connectivity index (χ2v) is 15.4. The molecule has 0 aliphatic rings. The van der Waals surface area contributed by atoms with Crippen LogP contribution in [-0.2, 0) is 0 Å². The first-order valence-corrected chi connectivity index (χ1v) is 19.7. The SMILES string of the molecule is N#Cc1ccc(-c2cc3c4ccccc4c(-c4cccc(-c5nc(-c6ccccc6)nc(-c6ccc7c(c6)sc6ccccc67)n5)c4)cc3c3ccccc23)cc1. The minimum Gasteiger partial charge on any atom is -0.208 e. The number of benzene rings is 9. The monoisotopic (exact) mass is 742 g/mol. The lowest BCUT2D eigenvalue weighted by Crippen LogP contribution is -2.00. The maximum Gasteiger partial charge on any atom is 0.164 e. The number of fused-ring (bicyclic) bond motifs is 8. The summed E-state index contributed by atoms with van der Waals surface area (Å²) in [5, 5.41) is 19.0. The van der Waals surface area contributed by atoms with Crippen molar-refractivity contribution in [1.82, 2.24) is 15.0 Å². The van der Waals surface area contributed by atoms with Gasteiger partial charge in [0, 0.05) is 36.9 Å². The first kappa shape index (κ1) is 32.9. The summed E-state index contributed by atoms with van der Waals surface area (Å²) in [6.45, 7) is 0. The van der Waals surface area contributed by atoms with Gasteiger partial charge in [-0.05, 0) is 97.0 Å². The van der Waals surface area contributed by atoms with Crippen LogP contribution in [0.15, 0.2) is 182 Å². The summed E-state index contributed by atoms with van der Waals surface area (Å²) in [7, 11) is 0. The molecule has 11 aromatic rings. The Balaban J connectivity index is 1.09. The van der Waals surface area contributed by atoms with E-state index in [9.17, 15) is 5.26 Å². The van der Waals surface area contributed by atoms with Crippen LogP contribution in [0.4, 0.5) is 0 Å². The maximum absolute atomic E-state index is 9.44. The van der Waals surface area contributed by atoms with Crippen molar-refractivity contribution in [3.63, 3.8) is 0 Å². The summed E-state index contributed by atoms with van der Waals surface area (Å²) in [6.07, 6.45) is 0. The third-order valence-electron chi connectivity index (χ3n) is 10.9. The van der Waals surface area contributed by atoms with Gasteiger partial charge in [-0.2, -0.15) is 5.26 Å². The van der Waals surface area contributed by atoms with Gasteiger partial charge in [-0.15, -0.1) is 11.3 Å². The molecule has 0 spiro atoms. The van der Waals surface area contributed by atoms with Gasteiger partial charge < -0.3 is 0 Å². The van der Waals surface area contributed by atoms with Gasteiger partial charge in [0.15, 0.2) is 17.5 Å². The summed E-state index contributed by atoms with van der Waals surface area (Å²) in [5.74, 6) is 1.90. The molecule has 0 radical (unpaired) electrons. The lowest BCUT2D eigenvalue weighted by atomic mass is 9.87. The van der Waals surface area contributed by atoms with Crippen LogP contribution in [0.5, 0.6) is 0 Å². The Morgan fingerprint density at radius 3 is 1.49 bits per heavy atom. The Kier molecular flexibility index (Phi) is 7.70. The van der Waals surface area contributed by atoms with E-state index in [4.69, 9.17) is 15.0 Å². The van der Waals surface area contributed by atoms with E-state index in [0.717, 1.165) is 38.9 Å². The minimum absolute atomic E-state index is 0.625. The number of nitriles is 1. The molecular formula is C52H30N4S. The van der Waals surface area contributed by atoms with Crippen LogP contribution in [-0.4, -0.2) is 15.0 Å². The van der Waals surface area contributed by atoms with Crippen LogP contribution >= 0.6 is 11.3 Å². The molecule has 4 nitrogen and oxygen atoms in total. The summed E-state index contributed by atoms with van der Waals surface area (Å²) in [5.41, 5.74) is 7.93. The van der Waals surface area contributed by atoms with Crippen LogP contribution < -0.4 is 0 Å². The minimum atomic E-state index is 0.625. The number of rotatable bonds is 5. The van der Waals surface area contributed by atoms with Crippen LogP contribution in [0.25, 0.3) is 109 Å². The van der Waals surface area contributed by atoms with Crippen LogP contribution in [0.3, 0.4) is 0 Å². The molecule has 5 heteroatoms. The molecule has 0 aliphatic carbocycles. The van der Waals surface area contributed by atoms with Crippen LogP contribution in [0.2, 0.25) is 0 Å². The van der Waals surface area contributed by atoms with Crippen molar-refractivity contribution >= 4 is 63.8 Å². The largest absolute Gasteiger partial charge is 0.208 e. The van der Waals surface area contributed by atoms with Crippen molar-refractivity contribution in [1.29, 1.82) is 5.26 Å². The number of thiophene rings is 1. The molecule has 57 heavy (non-hydrogen) atoms. The Morgan fingerprint density at radius 1 is 0.333 bits per heavy atom. The van der Waals surface area contributed by atoms with Gasteiger partial charge >= 0.3 is 0 Å². The quantitative estimate of drug-likeness (QED) is 0.165. The summed E-state index contributed by atoms with van der Waals surface area (Å²) >= 11 is 1.79. The fourth-order valence-electron chi connectivity index (χ4n) is 8.19. The third kappa shape index (κ3) is 5.62. The van der Waals surface area contributed by atoms with Gasteiger partial charge in [0.2, 0.25) is 0 Å². The zero-order chi connectivity index (χ0) is 37.9. The first-order chi connectivity index (χ1) is 28.2. The van der Waals surface area contributed by atoms with Gasteiger partial charge in [-0.3, -0.25) is 0 Å². The maximum atomic E-state index is 9.44. The molecule has 0 bridgehead atoms. The lowest BCUT2D eigenvalue weighted by molar-refractivity contribution is 1.07. The topological polar surface area (TPSA) is 62.5 Å². The molecule has 2 aromatic heterocycles. The normalized spacial score (nSPS) is 11.5. The predicted octanol–water partition coefficient (Wildman–Crippen LogP) is 13.9. The molecule has 0 fully saturated rings. The standard InChI is InChI=1S/C52H30N4S/c53-31-32-21-23-33(24-22-32)44-29-46-41-18-7-5-16-39(41)45(30-47(46)40-17-6-4-15-38(40)44)35-13-10-14-36(27-35)51-54-50(34-11-2-1-3-12-34)55-52(56-51)37-25-26-43-42-19-8-9-20-48(42)57-49(43)28-37/h1-30H. The van der Waals surface area contributed by atoms with Crippen molar-refractivity contribution < 1.29 is 0 Å². The van der Waals surface area contributed by atoms with Gasteiger partial charge in [-0.1, -0.05) is 140 Å². The van der Waals surface area contributed by atoms with Crippen LogP contribution in [0, 0.1) is 11.3 Å². The number of aromatic nitrogens is 3. The zero-order valence-corrected chi connectivity index (χ0v) is 31.3. The van der Waals surface area contributed by atoms with Gasteiger partial charge in [0.05, 0.1) is 11.6 Å². The first-order valence-electron chi connectivity index (χ1n) is 18.9. The second kappa shape index (κ2) is 13.3. The molecule has 0 atom stereocenters. The van der Waals surface area contributed by atoms with E-state index < -0.39 is 0 Å².